The molecule has 2 N–H and O–H groups in total. The number of hydrogen-bond donors (Lipinski definition) is 1. The first-order valence-corrected chi connectivity index (χ1v) is 8.68. The van der Waals surface area contributed by atoms with Gasteiger partial charge in [-0.15, -0.1) is 0 Å². The molecule has 2 unspecified atom stereocenters. The number of benzene rings is 1. The van der Waals surface area contributed by atoms with Gasteiger partial charge in [-0.1, -0.05) is 41.9 Å². The van der Waals surface area contributed by atoms with Gasteiger partial charge in [0.25, 0.3) is 5.91 Å². The molecule has 2 rings (SSSR count). The van der Waals surface area contributed by atoms with Gasteiger partial charge in [0.1, 0.15) is 5.37 Å². The minimum atomic E-state index is -3.52. The smallest absolute Gasteiger partial charge is 0.271 e. The minimum Gasteiger partial charge on any atom is -0.313 e. The Labute approximate surface area is 129 Å². The Balaban J connectivity index is 2.21. The number of sulfone groups is 1. The summed E-state index contributed by atoms with van der Waals surface area (Å²) in [5.41, 5.74) is 6.56. The molecule has 0 aliphatic carbocycles. The topological polar surface area (TPSA) is 90.3 Å². The lowest BCUT2D eigenvalue weighted by atomic mass is 10.2. The van der Waals surface area contributed by atoms with Crippen molar-refractivity contribution in [3.8, 4) is 0 Å². The summed E-state index contributed by atoms with van der Waals surface area (Å²) in [5.74, 6) is -1.11. The second-order valence-electron chi connectivity index (χ2n) is 4.89. The highest BCUT2D eigenvalue weighted by Gasteiger charge is 2.38. The molecule has 0 spiro atoms. The second-order valence-corrected chi connectivity index (χ2v) is 7.46. The quantitative estimate of drug-likeness (QED) is 0.615. The summed E-state index contributed by atoms with van der Waals surface area (Å²) in [6.07, 6.45) is 0. The van der Waals surface area contributed by atoms with Crippen molar-refractivity contribution in [3.63, 3.8) is 0 Å². The number of hydrogen-bond acceptors (Lipinski definition) is 5. The molecule has 1 fully saturated rings. The van der Waals surface area contributed by atoms with Crippen molar-refractivity contribution < 1.29 is 13.2 Å². The molecule has 0 aromatic heterocycles. The van der Waals surface area contributed by atoms with Crippen molar-refractivity contribution in [2.75, 3.05) is 19.6 Å². The van der Waals surface area contributed by atoms with Crippen LogP contribution in [-0.4, -0.2) is 49.7 Å². The Kier molecular flexibility index (Phi) is 5.21. The first kappa shape index (κ1) is 16.2. The van der Waals surface area contributed by atoms with Gasteiger partial charge < -0.3 is 5.32 Å². The molecule has 21 heavy (non-hydrogen) atoms. The predicted octanol–water partition coefficient (Wildman–Crippen LogP) is 0.207. The van der Waals surface area contributed by atoms with Gasteiger partial charge in [-0.2, -0.15) is 0 Å². The second kappa shape index (κ2) is 6.74. The summed E-state index contributed by atoms with van der Waals surface area (Å²) < 4.78 is 25.2. The van der Waals surface area contributed by atoms with E-state index in [1.54, 1.807) is 24.3 Å². The summed E-state index contributed by atoms with van der Waals surface area (Å²) in [7, 11) is -3.52. The van der Waals surface area contributed by atoms with E-state index in [0.29, 0.717) is 18.7 Å². The van der Waals surface area contributed by atoms with E-state index in [0.717, 1.165) is 0 Å². The van der Waals surface area contributed by atoms with Crippen LogP contribution in [0.3, 0.4) is 0 Å². The van der Waals surface area contributed by atoms with Crippen molar-refractivity contribution in [1.82, 2.24) is 16.0 Å². The molecule has 1 aromatic carbocycles. The van der Waals surface area contributed by atoms with Gasteiger partial charge >= 0.3 is 0 Å². The fraction of sp³-hybridized carbons (Fsp3) is 0.462. The van der Waals surface area contributed by atoms with E-state index in [-0.39, 0.29) is 12.3 Å². The molecule has 6 nitrogen and oxygen atoms in total. The lowest BCUT2D eigenvalue weighted by Crippen LogP contribution is -2.58. The highest BCUT2D eigenvalue weighted by atomic mass is 35.5. The minimum absolute atomic E-state index is 0.119. The maximum absolute atomic E-state index is 12.6. The average molecular weight is 331 g/mol. The number of rotatable bonds is 5. The van der Waals surface area contributed by atoms with Gasteiger partial charge in [-0.25, -0.2) is 8.42 Å². The van der Waals surface area contributed by atoms with E-state index in [2.05, 4.69) is 5.32 Å². The van der Waals surface area contributed by atoms with Crippen LogP contribution in [0.4, 0.5) is 0 Å². The fourth-order valence-corrected chi connectivity index (χ4v) is 4.50. The summed E-state index contributed by atoms with van der Waals surface area (Å²) in [4.78, 5) is 12.5. The third-order valence-corrected chi connectivity index (χ3v) is 5.82. The maximum Gasteiger partial charge on any atom is 0.271 e. The molecule has 1 aliphatic rings. The Hall–Kier alpha value is -1.15. The van der Waals surface area contributed by atoms with E-state index in [4.69, 9.17) is 17.3 Å². The third-order valence-electron chi connectivity index (χ3n) is 3.37. The number of amides is 1. The highest BCUT2D eigenvalue weighted by molar-refractivity contribution is 7.91. The van der Waals surface area contributed by atoms with Crippen molar-refractivity contribution in [2.24, 2.45) is 0 Å². The van der Waals surface area contributed by atoms with Crippen LogP contribution in [-0.2, 0) is 20.4 Å². The molecule has 1 amide bonds. The van der Waals surface area contributed by atoms with Gasteiger partial charge in [0, 0.05) is 19.6 Å². The molecule has 0 saturated carbocycles. The van der Waals surface area contributed by atoms with Crippen molar-refractivity contribution in [2.45, 2.75) is 16.6 Å². The maximum atomic E-state index is 12.6. The van der Waals surface area contributed by atoms with Crippen LogP contribution in [0.15, 0.2) is 30.3 Å². The number of halogens is 1. The molecule has 1 heterocycles. The van der Waals surface area contributed by atoms with Crippen molar-refractivity contribution in [1.29, 1.82) is 0 Å². The SMILES string of the molecule is [NH]C(=O)C(Cl)N1CCNCC1S(=O)(=O)Cc1ccccc1. The average Bonchev–Trinajstić information content (AvgIpc) is 2.47. The van der Waals surface area contributed by atoms with Gasteiger partial charge in [0.15, 0.2) is 15.3 Å². The molecule has 0 bridgehead atoms. The van der Waals surface area contributed by atoms with Crippen LogP contribution >= 0.6 is 11.6 Å². The standard InChI is InChI=1S/C13H17ClN3O3S/c14-12(13(15)18)17-7-6-16-8-11(17)21(19,20)9-10-4-2-1-3-5-10/h1-5,11-12,15-16H,6-9H2. The number of carbonyl (C=O) groups is 1. The summed E-state index contributed by atoms with van der Waals surface area (Å²) in [6, 6.07) is 8.86. The van der Waals surface area contributed by atoms with Gasteiger partial charge in [0.05, 0.1) is 5.75 Å². The van der Waals surface area contributed by atoms with Gasteiger partial charge in [-0.3, -0.25) is 15.4 Å². The zero-order valence-electron chi connectivity index (χ0n) is 11.3. The van der Waals surface area contributed by atoms with Gasteiger partial charge in [0.2, 0.25) is 0 Å². The fourth-order valence-electron chi connectivity index (χ4n) is 2.34. The van der Waals surface area contributed by atoms with Gasteiger partial charge in [-0.05, 0) is 5.56 Å². The molecule has 8 heteroatoms. The largest absolute Gasteiger partial charge is 0.313 e. The van der Waals surface area contributed by atoms with Crippen LogP contribution in [0.1, 0.15) is 5.56 Å². The Bertz CT molecular complexity index is 594. The van der Waals surface area contributed by atoms with Crippen LogP contribution in [0.25, 0.3) is 0 Å². The lowest BCUT2D eigenvalue weighted by molar-refractivity contribution is -0.121. The molecule has 1 aliphatic heterocycles. The number of piperazine rings is 1. The summed E-state index contributed by atoms with van der Waals surface area (Å²) >= 11 is 5.89. The zero-order valence-corrected chi connectivity index (χ0v) is 12.9. The molecular formula is C13H17ClN3O3S. The summed E-state index contributed by atoms with van der Waals surface area (Å²) in [5, 5.41) is 2.10. The first-order valence-electron chi connectivity index (χ1n) is 6.53. The normalized spacial score (nSPS) is 21.9. The third kappa shape index (κ3) is 3.94. The number of nitrogens with zero attached hydrogens (tertiary/aromatic N) is 1. The Morgan fingerprint density at radius 1 is 1.43 bits per heavy atom. The molecule has 1 radical (unpaired) electrons. The molecule has 1 saturated heterocycles. The monoisotopic (exact) mass is 330 g/mol. The number of carbonyl (C=O) groups excluding carboxylic acids is 1. The van der Waals surface area contributed by atoms with Crippen LogP contribution in [0, 0.1) is 0 Å². The molecule has 115 valence electrons. The highest BCUT2D eigenvalue weighted by Crippen LogP contribution is 2.20. The summed E-state index contributed by atoms with van der Waals surface area (Å²) in [6.45, 7) is 1.05. The zero-order chi connectivity index (χ0) is 15.5. The lowest BCUT2D eigenvalue weighted by Gasteiger charge is -2.37. The molecular weight excluding hydrogens is 314 g/mol. The Morgan fingerprint density at radius 2 is 2.10 bits per heavy atom. The van der Waals surface area contributed by atoms with Crippen LogP contribution in [0.2, 0.25) is 0 Å². The molecule has 2 atom stereocenters. The van der Waals surface area contributed by atoms with E-state index in [9.17, 15) is 13.2 Å². The van der Waals surface area contributed by atoms with Crippen LogP contribution < -0.4 is 11.1 Å². The van der Waals surface area contributed by atoms with E-state index >= 15 is 0 Å². The van der Waals surface area contributed by atoms with E-state index in [1.165, 1.54) is 4.90 Å². The number of nitrogens with one attached hydrogen (secondary N) is 2. The number of alkyl halides is 1. The van der Waals surface area contributed by atoms with Crippen molar-refractivity contribution >= 4 is 27.3 Å². The predicted molar refractivity (Wildman–Crippen MR) is 80.2 cm³/mol. The Morgan fingerprint density at radius 3 is 2.71 bits per heavy atom. The molecule has 1 aromatic rings. The van der Waals surface area contributed by atoms with E-state index in [1.807, 2.05) is 6.07 Å². The first-order chi connectivity index (χ1) is 9.92. The van der Waals surface area contributed by atoms with E-state index < -0.39 is 26.6 Å². The van der Waals surface area contributed by atoms with Crippen LogP contribution in [0.5, 0.6) is 0 Å². The van der Waals surface area contributed by atoms with Crippen molar-refractivity contribution in [3.05, 3.63) is 35.9 Å².